The van der Waals surface area contributed by atoms with Crippen LogP contribution in [0.2, 0.25) is 5.02 Å². The number of hydrazone groups is 1. The quantitative estimate of drug-likeness (QED) is 0.584. The van der Waals surface area contributed by atoms with E-state index in [9.17, 15) is 9.59 Å². The average Bonchev–Trinajstić information content (AvgIpc) is 3.30. The number of aryl methyl sites for hydroxylation is 2. The minimum absolute atomic E-state index is 0.00648. The summed E-state index contributed by atoms with van der Waals surface area (Å²) >= 11 is 6.11. The highest BCUT2D eigenvalue weighted by atomic mass is 35.5. The third-order valence-electron chi connectivity index (χ3n) is 6.82. The summed E-state index contributed by atoms with van der Waals surface area (Å²) in [5.41, 5.74) is 5.24. The molecule has 0 bridgehead atoms. The maximum absolute atomic E-state index is 13.5. The summed E-state index contributed by atoms with van der Waals surface area (Å²) in [4.78, 5) is 29.8. The fourth-order valence-electron chi connectivity index (χ4n) is 4.45. The van der Waals surface area contributed by atoms with Crippen molar-refractivity contribution in [1.82, 2.24) is 14.8 Å². The molecule has 0 spiro atoms. The van der Waals surface area contributed by atoms with E-state index in [0.29, 0.717) is 37.7 Å². The van der Waals surface area contributed by atoms with Crippen LogP contribution in [0, 0.1) is 13.8 Å². The Morgan fingerprint density at radius 3 is 2.46 bits per heavy atom. The lowest BCUT2D eigenvalue weighted by atomic mass is 9.96. The molecule has 0 radical (unpaired) electrons. The maximum Gasteiger partial charge on any atom is 0.262 e. The van der Waals surface area contributed by atoms with Crippen LogP contribution < -0.4 is 0 Å². The van der Waals surface area contributed by atoms with E-state index in [-0.39, 0.29) is 24.4 Å². The lowest BCUT2D eigenvalue weighted by molar-refractivity contribution is -0.140. The Hall–Kier alpha value is -2.74. The standard InChI is InChI=1S/C27H33ClN4O3/c1-19-4-5-23(16-20(19)2)25-17-26(22-6-8-24(28)9-7-22)32(29-25)27(34)18-31(21(3)33)11-10-30-12-14-35-15-13-30/h4-9,16,26H,10-15,17-18H2,1-3H3/t26-/m1/s1. The highest BCUT2D eigenvalue weighted by Crippen LogP contribution is 2.34. The van der Waals surface area contributed by atoms with Gasteiger partial charge in [0.05, 0.1) is 25.0 Å². The first-order valence-corrected chi connectivity index (χ1v) is 12.5. The molecule has 2 aromatic rings. The molecule has 2 aliphatic rings. The highest BCUT2D eigenvalue weighted by Gasteiger charge is 2.34. The molecule has 7 nitrogen and oxygen atoms in total. The van der Waals surface area contributed by atoms with Gasteiger partial charge >= 0.3 is 0 Å². The minimum atomic E-state index is -0.246. The molecule has 0 aliphatic carbocycles. The first-order chi connectivity index (χ1) is 16.8. The van der Waals surface area contributed by atoms with Crippen LogP contribution in [0.4, 0.5) is 0 Å². The fourth-order valence-corrected chi connectivity index (χ4v) is 4.58. The van der Waals surface area contributed by atoms with Gasteiger partial charge in [0.25, 0.3) is 5.91 Å². The van der Waals surface area contributed by atoms with Crippen molar-refractivity contribution in [3.8, 4) is 0 Å². The number of amides is 2. The van der Waals surface area contributed by atoms with Crippen LogP contribution in [0.3, 0.4) is 0 Å². The molecule has 186 valence electrons. The van der Waals surface area contributed by atoms with Gasteiger partial charge in [-0.3, -0.25) is 14.5 Å². The summed E-state index contributed by atoms with van der Waals surface area (Å²) in [6.45, 7) is 9.95. The maximum atomic E-state index is 13.5. The van der Waals surface area contributed by atoms with Crippen molar-refractivity contribution in [3.63, 3.8) is 0 Å². The van der Waals surface area contributed by atoms with E-state index < -0.39 is 0 Å². The number of benzene rings is 2. The molecule has 1 fully saturated rings. The normalized spacial score (nSPS) is 18.5. The van der Waals surface area contributed by atoms with Crippen LogP contribution in [0.5, 0.6) is 0 Å². The van der Waals surface area contributed by atoms with Crippen molar-refractivity contribution < 1.29 is 14.3 Å². The second-order valence-electron chi connectivity index (χ2n) is 9.25. The predicted molar refractivity (Wildman–Crippen MR) is 138 cm³/mol. The van der Waals surface area contributed by atoms with Gasteiger partial charge in [0.2, 0.25) is 5.91 Å². The van der Waals surface area contributed by atoms with E-state index in [1.807, 2.05) is 24.3 Å². The number of halogens is 1. The van der Waals surface area contributed by atoms with Gasteiger partial charge in [-0.25, -0.2) is 5.01 Å². The molecule has 2 amide bonds. The first kappa shape index (κ1) is 25.4. The van der Waals surface area contributed by atoms with Gasteiger partial charge in [-0.15, -0.1) is 0 Å². The first-order valence-electron chi connectivity index (χ1n) is 12.1. The van der Waals surface area contributed by atoms with E-state index in [0.717, 1.165) is 29.9 Å². The SMILES string of the molecule is CC(=O)N(CCN1CCOCC1)CC(=O)N1N=C(c2ccc(C)c(C)c2)C[C@@H]1c1ccc(Cl)cc1. The molecule has 0 N–H and O–H groups in total. The van der Waals surface area contributed by atoms with E-state index in [4.69, 9.17) is 21.4 Å². The van der Waals surface area contributed by atoms with Crippen molar-refractivity contribution in [2.45, 2.75) is 33.2 Å². The Bertz CT molecular complexity index is 1100. The molecule has 4 rings (SSSR count). The van der Waals surface area contributed by atoms with Crippen LogP contribution in [0.25, 0.3) is 0 Å². The van der Waals surface area contributed by atoms with Crippen molar-refractivity contribution in [1.29, 1.82) is 0 Å². The molecule has 1 atom stereocenters. The molecular formula is C27H33ClN4O3. The Balaban J connectivity index is 1.54. The van der Waals surface area contributed by atoms with Crippen molar-refractivity contribution in [2.24, 2.45) is 5.10 Å². The van der Waals surface area contributed by atoms with Crippen molar-refractivity contribution in [3.05, 3.63) is 69.7 Å². The van der Waals surface area contributed by atoms with Gasteiger partial charge in [-0.2, -0.15) is 5.10 Å². The zero-order chi connectivity index (χ0) is 24.9. The van der Waals surface area contributed by atoms with E-state index in [1.54, 1.807) is 9.91 Å². The molecule has 0 unspecified atom stereocenters. The number of carbonyl (C=O) groups is 2. The second kappa shape index (κ2) is 11.3. The Labute approximate surface area is 212 Å². The number of rotatable bonds is 7. The Morgan fingerprint density at radius 1 is 1.09 bits per heavy atom. The number of hydrogen-bond donors (Lipinski definition) is 0. The van der Waals surface area contributed by atoms with Gasteiger partial charge in [-0.05, 0) is 54.3 Å². The molecule has 35 heavy (non-hydrogen) atoms. The number of hydrogen-bond acceptors (Lipinski definition) is 5. The molecule has 1 saturated heterocycles. The summed E-state index contributed by atoms with van der Waals surface area (Å²) < 4.78 is 5.40. The van der Waals surface area contributed by atoms with E-state index in [2.05, 4.69) is 36.9 Å². The molecule has 0 aromatic heterocycles. The lowest BCUT2D eigenvalue weighted by Gasteiger charge is -2.30. The average molecular weight is 497 g/mol. The van der Waals surface area contributed by atoms with Crippen LogP contribution in [0.15, 0.2) is 47.6 Å². The zero-order valence-corrected chi connectivity index (χ0v) is 21.4. The number of carbonyl (C=O) groups excluding carboxylic acids is 2. The van der Waals surface area contributed by atoms with Gasteiger partial charge in [0, 0.05) is 44.5 Å². The number of ether oxygens (including phenoxy) is 1. The zero-order valence-electron chi connectivity index (χ0n) is 20.7. The predicted octanol–water partition coefficient (Wildman–Crippen LogP) is 3.82. The summed E-state index contributed by atoms with van der Waals surface area (Å²) in [6.07, 6.45) is 0.601. The molecule has 8 heteroatoms. The minimum Gasteiger partial charge on any atom is -0.379 e. The smallest absolute Gasteiger partial charge is 0.262 e. The van der Waals surface area contributed by atoms with Crippen LogP contribution in [0.1, 0.15) is 41.6 Å². The summed E-state index contributed by atoms with van der Waals surface area (Å²) in [6, 6.07) is 13.5. The highest BCUT2D eigenvalue weighted by molar-refractivity contribution is 6.30. The van der Waals surface area contributed by atoms with Gasteiger partial charge < -0.3 is 9.64 Å². The van der Waals surface area contributed by atoms with Crippen molar-refractivity contribution >= 4 is 29.1 Å². The number of nitrogens with zero attached hydrogens (tertiary/aromatic N) is 4. The summed E-state index contributed by atoms with van der Waals surface area (Å²) in [7, 11) is 0. The second-order valence-corrected chi connectivity index (χ2v) is 9.69. The van der Waals surface area contributed by atoms with Crippen LogP contribution in [-0.2, 0) is 14.3 Å². The lowest BCUT2D eigenvalue weighted by Crippen LogP contribution is -2.45. The van der Waals surface area contributed by atoms with Gasteiger partial charge in [0.15, 0.2) is 0 Å². The molecule has 0 saturated carbocycles. The fraction of sp³-hybridized carbons (Fsp3) is 0.444. The Kier molecular flexibility index (Phi) is 8.21. The third-order valence-corrected chi connectivity index (χ3v) is 7.07. The van der Waals surface area contributed by atoms with Gasteiger partial charge in [-0.1, -0.05) is 35.9 Å². The molecule has 2 aliphatic heterocycles. The van der Waals surface area contributed by atoms with E-state index in [1.165, 1.54) is 18.1 Å². The summed E-state index contributed by atoms with van der Waals surface area (Å²) in [5.74, 6) is -0.312. The van der Waals surface area contributed by atoms with E-state index >= 15 is 0 Å². The summed E-state index contributed by atoms with van der Waals surface area (Å²) in [5, 5.41) is 6.97. The monoisotopic (exact) mass is 496 g/mol. The molecule has 2 aromatic carbocycles. The van der Waals surface area contributed by atoms with Crippen LogP contribution >= 0.6 is 11.6 Å². The van der Waals surface area contributed by atoms with Crippen LogP contribution in [-0.4, -0.2) is 78.3 Å². The molecular weight excluding hydrogens is 464 g/mol. The Morgan fingerprint density at radius 2 is 1.80 bits per heavy atom. The largest absolute Gasteiger partial charge is 0.379 e. The topological polar surface area (TPSA) is 65.5 Å². The van der Waals surface area contributed by atoms with Crippen molar-refractivity contribution in [2.75, 3.05) is 45.9 Å². The number of morpholine rings is 1. The third kappa shape index (κ3) is 6.28. The van der Waals surface area contributed by atoms with Gasteiger partial charge in [0.1, 0.15) is 6.54 Å². The molecule has 2 heterocycles.